The molecular formula is C15H21FN2O3. The minimum Gasteiger partial charge on any atom is -0.376 e. The van der Waals surface area contributed by atoms with Gasteiger partial charge in [0.15, 0.2) is 0 Å². The summed E-state index contributed by atoms with van der Waals surface area (Å²) < 4.78 is 24.0. The van der Waals surface area contributed by atoms with Crippen LogP contribution in [0.2, 0.25) is 0 Å². The van der Waals surface area contributed by atoms with Crippen LogP contribution in [0.1, 0.15) is 11.1 Å². The first-order chi connectivity index (χ1) is 10.1. The fourth-order valence-electron chi connectivity index (χ4n) is 2.17. The highest BCUT2D eigenvalue weighted by molar-refractivity contribution is 5.73. The summed E-state index contributed by atoms with van der Waals surface area (Å²) in [6, 6.07) is 4.34. The lowest BCUT2D eigenvalue weighted by molar-refractivity contribution is -0.0928. The van der Waals surface area contributed by atoms with Crippen LogP contribution in [0.4, 0.5) is 9.18 Å². The van der Waals surface area contributed by atoms with Crippen LogP contribution in [0.5, 0.6) is 0 Å². The van der Waals surface area contributed by atoms with Crippen molar-refractivity contribution < 1.29 is 18.7 Å². The highest BCUT2D eigenvalue weighted by atomic mass is 19.1. The van der Waals surface area contributed by atoms with Crippen molar-refractivity contribution in [1.29, 1.82) is 0 Å². The lowest BCUT2D eigenvalue weighted by Gasteiger charge is -2.27. The van der Waals surface area contributed by atoms with Crippen LogP contribution in [0.3, 0.4) is 0 Å². The number of likely N-dealkylation sites (N-methyl/N-ethyl adjacent to an activating group) is 1. The maximum Gasteiger partial charge on any atom is 0.317 e. The fourth-order valence-corrected chi connectivity index (χ4v) is 2.17. The molecule has 1 atom stereocenters. The van der Waals surface area contributed by atoms with Crippen molar-refractivity contribution in [1.82, 2.24) is 10.2 Å². The second kappa shape index (κ2) is 7.38. The first kappa shape index (κ1) is 15.7. The van der Waals surface area contributed by atoms with Crippen LogP contribution in [0, 0.1) is 12.7 Å². The van der Waals surface area contributed by atoms with E-state index >= 15 is 0 Å². The number of ether oxygens (including phenoxy) is 2. The van der Waals surface area contributed by atoms with Crippen LogP contribution in [0.25, 0.3) is 0 Å². The zero-order chi connectivity index (χ0) is 15.2. The van der Waals surface area contributed by atoms with Crippen LogP contribution in [0.15, 0.2) is 18.2 Å². The molecular weight excluding hydrogens is 275 g/mol. The number of halogens is 1. The molecule has 0 aliphatic carbocycles. The predicted molar refractivity (Wildman–Crippen MR) is 76.6 cm³/mol. The van der Waals surface area contributed by atoms with Gasteiger partial charge in [-0.2, -0.15) is 0 Å². The van der Waals surface area contributed by atoms with Gasteiger partial charge in [0.05, 0.1) is 32.5 Å². The Morgan fingerprint density at radius 3 is 3.00 bits per heavy atom. The number of hydrogen-bond acceptors (Lipinski definition) is 3. The maximum atomic E-state index is 13.2. The molecule has 0 saturated carbocycles. The number of rotatable bonds is 4. The molecule has 0 spiro atoms. The van der Waals surface area contributed by atoms with Crippen LogP contribution < -0.4 is 5.32 Å². The third-order valence-corrected chi connectivity index (χ3v) is 3.45. The lowest BCUT2D eigenvalue weighted by atomic mass is 10.1. The molecule has 0 aromatic heterocycles. The van der Waals surface area contributed by atoms with E-state index in [4.69, 9.17) is 9.47 Å². The quantitative estimate of drug-likeness (QED) is 0.920. The summed E-state index contributed by atoms with van der Waals surface area (Å²) in [5.74, 6) is -0.300. The van der Waals surface area contributed by atoms with Crippen LogP contribution in [-0.2, 0) is 16.0 Å². The maximum absolute atomic E-state index is 13.2. The summed E-state index contributed by atoms with van der Waals surface area (Å²) in [7, 11) is 1.70. The number of amides is 2. The topological polar surface area (TPSA) is 50.8 Å². The summed E-state index contributed by atoms with van der Waals surface area (Å²) in [6.45, 7) is 4.31. The highest BCUT2D eigenvalue weighted by Crippen LogP contribution is 2.10. The number of aryl methyl sites for hydroxylation is 1. The summed E-state index contributed by atoms with van der Waals surface area (Å²) in [5.41, 5.74) is 1.72. The number of carbonyl (C=O) groups is 1. The van der Waals surface area contributed by atoms with E-state index in [2.05, 4.69) is 5.32 Å². The first-order valence-electron chi connectivity index (χ1n) is 6.99. The van der Waals surface area contributed by atoms with E-state index in [0.717, 1.165) is 11.1 Å². The van der Waals surface area contributed by atoms with Gasteiger partial charge in [-0.3, -0.25) is 0 Å². The van der Waals surface area contributed by atoms with Gasteiger partial charge in [-0.15, -0.1) is 0 Å². The molecule has 1 aromatic carbocycles. The predicted octanol–water partition coefficient (Wildman–Crippen LogP) is 1.69. The van der Waals surface area contributed by atoms with Gasteiger partial charge in [-0.25, -0.2) is 9.18 Å². The largest absolute Gasteiger partial charge is 0.376 e. The Morgan fingerprint density at radius 2 is 2.29 bits per heavy atom. The summed E-state index contributed by atoms with van der Waals surface area (Å²) >= 11 is 0. The monoisotopic (exact) mass is 296 g/mol. The van der Waals surface area contributed by atoms with Gasteiger partial charge >= 0.3 is 6.03 Å². The van der Waals surface area contributed by atoms with Gasteiger partial charge in [-0.05, 0) is 30.2 Å². The van der Waals surface area contributed by atoms with Crippen molar-refractivity contribution in [3.8, 4) is 0 Å². The van der Waals surface area contributed by atoms with E-state index in [1.807, 2.05) is 6.92 Å². The Hall–Kier alpha value is -1.66. The number of hydrogen-bond donors (Lipinski definition) is 1. The Morgan fingerprint density at radius 1 is 1.48 bits per heavy atom. The van der Waals surface area contributed by atoms with Crippen LogP contribution >= 0.6 is 0 Å². The highest BCUT2D eigenvalue weighted by Gasteiger charge is 2.19. The van der Waals surface area contributed by atoms with Crippen molar-refractivity contribution in [3.63, 3.8) is 0 Å². The molecule has 1 heterocycles. The Bertz CT molecular complexity index is 490. The molecule has 1 N–H and O–H groups in total. The first-order valence-corrected chi connectivity index (χ1v) is 6.99. The van der Waals surface area contributed by atoms with Gasteiger partial charge < -0.3 is 19.7 Å². The Balaban J connectivity index is 1.81. The summed E-state index contributed by atoms with van der Waals surface area (Å²) in [6.07, 6.45) is -0.0922. The number of urea groups is 1. The van der Waals surface area contributed by atoms with E-state index in [1.54, 1.807) is 18.0 Å². The van der Waals surface area contributed by atoms with E-state index in [9.17, 15) is 9.18 Å². The molecule has 21 heavy (non-hydrogen) atoms. The van der Waals surface area contributed by atoms with Gasteiger partial charge in [0.1, 0.15) is 5.82 Å². The summed E-state index contributed by atoms with van der Waals surface area (Å²) in [5, 5.41) is 2.78. The standard InChI is InChI=1S/C15H21FN2O3/c1-11-3-4-13(16)7-12(11)8-17-15(19)18(2)9-14-10-20-5-6-21-14/h3-4,7,14H,5-6,8-10H2,1-2H3,(H,17,19)/t14-/m1/s1. The second-order valence-electron chi connectivity index (χ2n) is 5.18. The van der Waals surface area contributed by atoms with E-state index in [1.165, 1.54) is 12.1 Å². The third-order valence-electron chi connectivity index (χ3n) is 3.45. The molecule has 6 heteroatoms. The third kappa shape index (κ3) is 4.68. The smallest absolute Gasteiger partial charge is 0.317 e. The minimum atomic E-state index is -0.300. The van der Waals surface area contributed by atoms with Crippen molar-refractivity contribution in [2.24, 2.45) is 0 Å². The second-order valence-corrected chi connectivity index (χ2v) is 5.18. The molecule has 0 radical (unpaired) electrons. The van der Waals surface area contributed by atoms with Gasteiger partial charge in [0.25, 0.3) is 0 Å². The van der Waals surface area contributed by atoms with Gasteiger partial charge in [0, 0.05) is 13.6 Å². The molecule has 0 unspecified atom stereocenters. The summed E-state index contributed by atoms with van der Waals surface area (Å²) in [4.78, 5) is 13.6. The fraction of sp³-hybridized carbons (Fsp3) is 0.533. The Labute approximate surface area is 124 Å². The molecule has 116 valence electrons. The van der Waals surface area contributed by atoms with Crippen molar-refractivity contribution >= 4 is 6.03 Å². The number of carbonyl (C=O) groups excluding carboxylic acids is 1. The average molecular weight is 296 g/mol. The van der Waals surface area contributed by atoms with Crippen molar-refractivity contribution in [2.75, 3.05) is 33.4 Å². The molecule has 1 aliphatic heterocycles. The number of benzene rings is 1. The van der Waals surface area contributed by atoms with E-state index < -0.39 is 0 Å². The zero-order valence-electron chi connectivity index (χ0n) is 12.4. The SMILES string of the molecule is Cc1ccc(F)cc1CNC(=O)N(C)C[C@@H]1COCCO1. The molecule has 1 aliphatic rings. The number of nitrogens with zero attached hydrogens (tertiary/aromatic N) is 1. The molecule has 1 fully saturated rings. The lowest BCUT2D eigenvalue weighted by Crippen LogP contribution is -2.44. The molecule has 2 amide bonds. The number of nitrogens with one attached hydrogen (secondary N) is 1. The molecule has 1 aromatic rings. The molecule has 0 bridgehead atoms. The van der Waals surface area contributed by atoms with E-state index in [0.29, 0.717) is 32.9 Å². The molecule has 2 rings (SSSR count). The zero-order valence-corrected chi connectivity index (χ0v) is 12.4. The normalized spacial score (nSPS) is 18.3. The van der Waals surface area contributed by atoms with Gasteiger partial charge in [-0.1, -0.05) is 6.07 Å². The van der Waals surface area contributed by atoms with Gasteiger partial charge in [0.2, 0.25) is 0 Å². The van der Waals surface area contributed by atoms with Crippen molar-refractivity contribution in [2.45, 2.75) is 19.6 Å². The molecule has 5 nitrogen and oxygen atoms in total. The van der Waals surface area contributed by atoms with Crippen molar-refractivity contribution in [3.05, 3.63) is 35.1 Å². The Kier molecular flexibility index (Phi) is 5.52. The van der Waals surface area contributed by atoms with E-state index in [-0.39, 0.29) is 18.0 Å². The van der Waals surface area contributed by atoms with Crippen LogP contribution in [-0.4, -0.2) is 50.4 Å². The average Bonchev–Trinajstić information content (AvgIpc) is 2.49. The minimum absolute atomic E-state index is 0.0922. The molecule has 1 saturated heterocycles.